The molecule has 0 radical (unpaired) electrons. The molecule has 0 aliphatic heterocycles. The average Bonchev–Trinajstić information content (AvgIpc) is 2.97. The van der Waals surface area contributed by atoms with Crippen molar-refractivity contribution in [3.05, 3.63) is 53.4 Å². The minimum Gasteiger partial charge on any atom is -0.361 e. The van der Waals surface area contributed by atoms with Crippen LogP contribution < -0.4 is 5.32 Å². The van der Waals surface area contributed by atoms with Crippen LogP contribution in [0.15, 0.2) is 40.9 Å². The number of likely N-dealkylation sites (N-methyl/N-ethyl adjacent to an activating group) is 1. The van der Waals surface area contributed by atoms with Crippen LogP contribution >= 0.6 is 0 Å². The average molecular weight is 343 g/mol. The number of hydrogen-bond donors (Lipinski definition) is 1. The summed E-state index contributed by atoms with van der Waals surface area (Å²) in [6, 6.07) is 10.7. The van der Waals surface area contributed by atoms with Gasteiger partial charge in [-0.05, 0) is 18.4 Å². The van der Waals surface area contributed by atoms with E-state index in [9.17, 15) is 9.59 Å². The standard InChI is InChI=1S/C19H25N3O3/c1-13(2)18(20-17(23)11-15-8-6-5-7-9-15)19(24)22(4)12-16-10-14(3)25-21-16/h5-10,13,18H,11-12H2,1-4H3,(H,20,23)/t18-/m1/s1. The Balaban J connectivity index is 1.98. The second-order valence-corrected chi connectivity index (χ2v) is 6.57. The third-order valence-corrected chi connectivity index (χ3v) is 3.91. The predicted molar refractivity (Wildman–Crippen MR) is 94.6 cm³/mol. The minimum atomic E-state index is -0.575. The van der Waals surface area contributed by atoms with E-state index < -0.39 is 6.04 Å². The van der Waals surface area contributed by atoms with Crippen molar-refractivity contribution in [1.29, 1.82) is 0 Å². The Morgan fingerprint density at radius 3 is 2.48 bits per heavy atom. The van der Waals surface area contributed by atoms with Crippen molar-refractivity contribution in [2.24, 2.45) is 5.92 Å². The largest absolute Gasteiger partial charge is 0.361 e. The molecule has 1 aromatic heterocycles. The van der Waals surface area contributed by atoms with E-state index in [1.165, 1.54) is 0 Å². The van der Waals surface area contributed by atoms with Crippen LogP contribution in [0.4, 0.5) is 0 Å². The maximum Gasteiger partial charge on any atom is 0.245 e. The highest BCUT2D eigenvalue weighted by atomic mass is 16.5. The zero-order valence-electron chi connectivity index (χ0n) is 15.2. The number of rotatable bonds is 7. The van der Waals surface area contributed by atoms with Gasteiger partial charge in [0.05, 0.1) is 13.0 Å². The van der Waals surface area contributed by atoms with Crippen LogP contribution in [0.2, 0.25) is 0 Å². The number of aromatic nitrogens is 1. The number of aryl methyl sites for hydroxylation is 1. The van der Waals surface area contributed by atoms with E-state index in [2.05, 4.69) is 10.5 Å². The fourth-order valence-electron chi connectivity index (χ4n) is 2.57. The zero-order chi connectivity index (χ0) is 18.4. The maximum atomic E-state index is 12.7. The first-order chi connectivity index (χ1) is 11.9. The summed E-state index contributed by atoms with van der Waals surface area (Å²) in [4.78, 5) is 26.6. The molecule has 0 saturated carbocycles. The highest BCUT2D eigenvalue weighted by Gasteiger charge is 2.27. The molecule has 0 bridgehead atoms. The van der Waals surface area contributed by atoms with Crippen molar-refractivity contribution < 1.29 is 14.1 Å². The molecule has 134 valence electrons. The Kier molecular flexibility index (Phi) is 6.33. The summed E-state index contributed by atoms with van der Waals surface area (Å²) in [7, 11) is 1.70. The van der Waals surface area contributed by atoms with Gasteiger partial charge in [-0.15, -0.1) is 0 Å². The Labute approximate surface area is 148 Å². The van der Waals surface area contributed by atoms with Gasteiger partial charge in [-0.1, -0.05) is 49.3 Å². The van der Waals surface area contributed by atoms with E-state index in [0.717, 1.165) is 5.56 Å². The highest BCUT2D eigenvalue weighted by Crippen LogP contribution is 2.10. The number of benzene rings is 1. The van der Waals surface area contributed by atoms with Crippen LogP contribution in [-0.4, -0.2) is 35.0 Å². The normalized spacial score (nSPS) is 12.0. The third-order valence-electron chi connectivity index (χ3n) is 3.91. The summed E-state index contributed by atoms with van der Waals surface area (Å²) in [5, 5.41) is 6.77. The first-order valence-electron chi connectivity index (χ1n) is 8.37. The minimum absolute atomic E-state index is 0.0197. The molecule has 25 heavy (non-hydrogen) atoms. The van der Waals surface area contributed by atoms with Crippen LogP contribution in [0, 0.1) is 12.8 Å². The summed E-state index contributed by atoms with van der Waals surface area (Å²) in [6.07, 6.45) is 0.254. The van der Waals surface area contributed by atoms with Crippen molar-refractivity contribution in [2.75, 3.05) is 7.05 Å². The van der Waals surface area contributed by atoms with Gasteiger partial charge < -0.3 is 14.7 Å². The van der Waals surface area contributed by atoms with E-state index in [1.807, 2.05) is 44.2 Å². The molecule has 0 spiro atoms. The topological polar surface area (TPSA) is 75.4 Å². The van der Waals surface area contributed by atoms with Gasteiger partial charge in [0.15, 0.2) is 0 Å². The Morgan fingerprint density at radius 2 is 1.92 bits per heavy atom. The number of hydrogen-bond acceptors (Lipinski definition) is 4. The molecule has 2 rings (SSSR count). The number of nitrogens with zero attached hydrogens (tertiary/aromatic N) is 2. The molecular formula is C19H25N3O3. The Hall–Kier alpha value is -2.63. The highest BCUT2D eigenvalue weighted by molar-refractivity contribution is 5.88. The zero-order valence-corrected chi connectivity index (χ0v) is 15.2. The second-order valence-electron chi connectivity index (χ2n) is 6.57. The predicted octanol–water partition coefficient (Wildman–Crippen LogP) is 2.32. The molecular weight excluding hydrogens is 318 g/mol. The van der Waals surface area contributed by atoms with Crippen molar-refractivity contribution in [1.82, 2.24) is 15.4 Å². The lowest BCUT2D eigenvalue weighted by atomic mass is 10.0. The monoisotopic (exact) mass is 343 g/mol. The van der Waals surface area contributed by atoms with E-state index in [4.69, 9.17) is 4.52 Å². The molecule has 1 heterocycles. The number of carbonyl (C=O) groups is 2. The van der Waals surface area contributed by atoms with E-state index in [1.54, 1.807) is 24.9 Å². The van der Waals surface area contributed by atoms with E-state index >= 15 is 0 Å². The molecule has 0 saturated heterocycles. The summed E-state index contributed by atoms with van der Waals surface area (Å²) in [6.45, 7) is 5.98. The summed E-state index contributed by atoms with van der Waals surface area (Å²) in [5.74, 6) is 0.377. The Bertz CT molecular complexity index is 710. The van der Waals surface area contributed by atoms with Gasteiger partial charge in [0.1, 0.15) is 17.5 Å². The van der Waals surface area contributed by atoms with E-state index in [0.29, 0.717) is 18.0 Å². The first-order valence-corrected chi connectivity index (χ1v) is 8.37. The lowest BCUT2D eigenvalue weighted by molar-refractivity contribution is -0.137. The third kappa shape index (κ3) is 5.45. The SMILES string of the molecule is Cc1cc(CN(C)C(=O)[C@H](NC(=O)Cc2ccccc2)C(C)C)no1. The van der Waals surface area contributed by atoms with Gasteiger partial charge in [0.2, 0.25) is 11.8 Å². The molecule has 0 aliphatic carbocycles. The van der Waals surface area contributed by atoms with Gasteiger partial charge in [-0.2, -0.15) is 0 Å². The summed E-state index contributed by atoms with van der Waals surface area (Å²) in [5.41, 5.74) is 1.60. The van der Waals surface area contributed by atoms with Crippen LogP contribution in [-0.2, 0) is 22.6 Å². The van der Waals surface area contributed by atoms with Crippen molar-refractivity contribution >= 4 is 11.8 Å². The summed E-state index contributed by atoms with van der Waals surface area (Å²) < 4.78 is 5.03. The van der Waals surface area contributed by atoms with Gasteiger partial charge in [0, 0.05) is 13.1 Å². The molecule has 6 nitrogen and oxygen atoms in total. The molecule has 1 aromatic carbocycles. The van der Waals surface area contributed by atoms with Crippen molar-refractivity contribution in [3.8, 4) is 0 Å². The fourth-order valence-corrected chi connectivity index (χ4v) is 2.57. The fraction of sp³-hybridized carbons (Fsp3) is 0.421. The number of nitrogens with one attached hydrogen (secondary N) is 1. The van der Waals surface area contributed by atoms with Crippen molar-refractivity contribution in [3.63, 3.8) is 0 Å². The van der Waals surface area contributed by atoms with E-state index in [-0.39, 0.29) is 24.2 Å². The molecule has 0 unspecified atom stereocenters. The smallest absolute Gasteiger partial charge is 0.245 e. The van der Waals surface area contributed by atoms with Crippen LogP contribution in [0.3, 0.4) is 0 Å². The molecule has 2 amide bonds. The summed E-state index contributed by atoms with van der Waals surface area (Å²) >= 11 is 0. The first kappa shape index (κ1) is 18.7. The van der Waals surface area contributed by atoms with Gasteiger partial charge >= 0.3 is 0 Å². The Morgan fingerprint density at radius 1 is 1.24 bits per heavy atom. The quantitative estimate of drug-likeness (QED) is 0.837. The molecule has 6 heteroatoms. The molecule has 0 fully saturated rings. The maximum absolute atomic E-state index is 12.7. The van der Waals surface area contributed by atoms with Gasteiger partial charge in [-0.3, -0.25) is 9.59 Å². The molecule has 1 N–H and O–H groups in total. The molecule has 2 aromatic rings. The lowest BCUT2D eigenvalue weighted by Gasteiger charge is -2.26. The van der Waals surface area contributed by atoms with Gasteiger partial charge in [0.25, 0.3) is 0 Å². The van der Waals surface area contributed by atoms with Crippen LogP contribution in [0.5, 0.6) is 0 Å². The number of carbonyl (C=O) groups excluding carboxylic acids is 2. The van der Waals surface area contributed by atoms with Crippen LogP contribution in [0.1, 0.15) is 30.9 Å². The molecule has 1 atom stereocenters. The van der Waals surface area contributed by atoms with Crippen LogP contribution in [0.25, 0.3) is 0 Å². The number of amides is 2. The molecule has 0 aliphatic rings. The second kappa shape index (κ2) is 8.46. The lowest BCUT2D eigenvalue weighted by Crippen LogP contribution is -2.50. The van der Waals surface area contributed by atoms with Crippen molar-refractivity contribution in [2.45, 2.75) is 39.8 Å². The van der Waals surface area contributed by atoms with Gasteiger partial charge in [-0.25, -0.2) is 0 Å².